The Kier molecular flexibility index (Phi) is 3.74. The largest absolute Gasteiger partial charge is 0.334 e. The summed E-state index contributed by atoms with van der Waals surface area (Å²) in [6.07, 6.45) is 8.82. The highest BCUT2D eigenvalue weighted by Crippen LogP contribution is 2.34. The van der Waals surface area contributed by atoms with Crippen LogP contribution in [0.1, 0.15) is 50.6 Å². The van der Waals surface area contributed by atoms with Gasteiger partial charge in [-0.3, -0.25) is 9.78 Å². The summed E-state index contributed by atoms with van der Waals surface area (Å²) in [4.78, 5) is 18.9. The Morgan fingerprint density at radius 2 is 2.10 bits per heavy atom. The quantitative estimate of drug-likeness (QED) is 0.895. The number of hydrogen-bond acceptors (Lipinski definition) is 3. The lowest BCUT2D eigenvalue weighted by molar-refractivity contribution is -0.133. The SMILES string of the molecule is NC1(CC(=O)N(Cc2ccccn2)C2CC2)CCCC1. The molecule has 20 heavy (non-hydrogen) atoms. The fourth-order valence-corrected chi connectivity index (χ4v) is 3.13. The van der Waals surface area contributed by atoms with E-state index in [-0.39, 0.29) is 11.4 Å². The third kappa shape index (κ3) is 3.18. The van der Waals surface area contributed by atoms with Crippen LogP contribution in [0.25, 0.3) is 0 Å². The fraction of sp³-hybridized carbons (Fsp3) is 0.625. The summed E-state index contributed by atoms with van der Waals surface area (Å²) >= 11 is 0. The molecule has 4 nitrogen and oxygen atoms in total. The third-order valence-electron chi connectivity index (χ3n) is 4.47. The normalized spacial score (nSPS) is 20.9. The molecule has 2 fully saturated rings. The maximum absolute atomic E-state index is 12.6. The van der Waals surface area contributed by atoms with Crippen molar-refractivity contribution in [2.75, 3.05) is 0 Å². The second-order valence-corrected chi connectivity index (χ2v) is 6.32. The van der Waals surface area contributed by atoms with Gasteiger partial charge in [-0.2, -0.15) is 0 Å². The maximum Gasteiger partial charge on any atom is 0.225 e. The number of carbonyl (C=O) groups is 1. The van der Waals surface area contributed by atoms with Gasteiger partial charge in [0.2, 0.25) is 5.91 Å². The molecule has 2 N–H and O–H groups in total. The van der Waals surface area contributed by atoms with Crippen molar-refractivity contribution in [1.82, 2.24) is 9.88 Å². The van der Waals surface area contributed by atoms with E-state index in [1.807, 2.05) is 23.1 Å². The Balaban J connectivity index is 1.66. The molecule has 4 heteroatoms. The summed E-state index contributed by atoms with van der Waals surface area (Å²) in [7, 11) is 0. The van der Waals surface area contributed by atoms with Crippen molar-refractivity contribution >= 4 is 5.91 Å². The van der Waals surface area contributed by atoms with E-state index in [1.54, 1.807) is 6.20 Å². The minimum absolute atomic E-state index is 0.211. The number of aromatic nitrogens is 1. The minimum Gasteiger partial charge on any atom is -0.334 e. The van der Waals surface area contributed by atoms with E-state index < -0.39 is 0 Å². The summed E-state index contributed by atoms with van der Waals surface area (Å²) < 4.78 is 0. The molecule has 1 aromatic rings. The maximum atomic E-state index is 12.6. The number of nitrogens with zero attached hydrogens (tertiary/aromatic N) is 2. The summed E-state index contributed by atoms with van der Waals surface area (Å²) in [6, 6.07) is 6.27. The Morgan fingerprint density at radius 1 is 1.35 bits per heavy atom. The smallest absolute Gasteiger partial charge is 0.225 e. The summed E-state index contributed by atoms with van der Waals surface area (Å²) in [6.45, 7) is 0.625. The van der Waals surface area contributed by atoms with Gasteiger partial charge >= 0.3 is 0 Å². The number of pyridine rings is 1. The molecule has 0 atom stereocenters. The van der Waals surface area contributed by atoms with Gasteiger partial charge in [-0.15, -0.1) is 0 Å². The van der Waals surface area contributed by atoms with Gasteiger partial charge in [0.25, 0.3) is 0 Å². The lowest BCUT2D eigenvalue weighted by Gasteiger charge is -2.28. The second kappa shape index (κ2) is 5.52. The van der Waals surface area contributed by atoms with Crippen LogP contribution in [0.5, 0.6) is 0 Å². The monoisotopic (exact) mass is 273 g/mol. The zero-order valence-electron chi connectivity index (χ0n) is 11.9. The fourth-order valence-electron chi connectivity index (χ4n) is 3.13. The number of nitrogens with two attached hydrogens (primary N) is 1. The van der Waals surface area contributed by atoms with E-state index in [2.05, 4.69) is 4.98 Å². The molecule has 0 spiro atoms. The number of amides is 1. The first-order chi connectivity index (χ1) is 9.66. The third-order valence-corrected chi connectivity index (χ3v) is 4.47. The lowest BCUT2D eigenvalue weighted by atomic mass is 9.94. The van der Waals surface area contributed by atoms with Crippen LogP contribution >= 0.6 is 0 Å². The average molecular weight is 273 g/mol. The second-order valence-electron chi connectivity index (χ2n) is 6.32. The highest BCUT2D eigenvalue weighted by atomic mass is 16.2. The van der Waals surface area contributed by atoms with Crippen LogP contribution in [0, 0.1) is 0 Å². The number of rotatable bonds is 5. The standard InChI is InChI=1S/C16H23N3O/c17-16(8-2-3-9-16)11-15(20)19(14-6-7-14)12-13-5-1-4-10-18-13/h1,4-5,10,14H,2-3,6-9,11-12,17H2. The predicted molar refractivity (Wildman–Crippen MR) is 77.8 cm³/mol. The molecule has 2 saturated carbocycles. The van der Waals surface area contributed by atoms with Crippen LogP contribution < -0.4 is 5.73 Å². The molecule has 0 bridgehead atoms. The van der Waals surface area contributed by atoms with Crippen LogP contribution in [0.15, 0.2) is 24.4 Å². The molecule has 0 aromatic carbocycles. The van der Waals surface area contributed by atoms with Crippen LogP contribution in [-0.4, -0.2) is 27.4 Å². The van der Waals surface area contributed by atoms with E-state index in [0.717, 1.165) is 44.2 Å². The van der Waals surface area contributed by atoms with Crippen LogP contribution in [0.3, 0.4) is 0 Å². The van der Waals surface area contributed by atoms with Gasteiger partial charge in [0.15, 0.2) is 0 Å². The summed E-state index contributed by atoms with van der Waals surface area (Å²) in [5, 5.41) is 0. The predicted octanol–water partition coefficient (Wildman–Crippen LogP) is 2.23. The molecular formula is C16H23N3O. The molecule has 2 aliphatic rings. The molecule has 1 aromatic heterocycles. The molecule has 0 unspecified atom stereocenters. The molecule has 108 valence electrons. The van der Waals surface area contributed by atoms with Crippen molar-refractivity contribution in [3.8, 4) is 0 Å². The van der Waals surface area contributed by atoms with E-state index in [4.69, 9.17) is 5.73 Å². The lowest BCUT2D eigenvalue weighted by Crippen LogP contribution is -2.44. The zero-order chi connectivity index (χ0) is 14.0. The van der Waals surface area contributed by atoms with Gasteiger partial charge in [-0.05, 0) is 37.8 Å². The molecule has 1 amide bonds. The molecule has 3 rings (SSSR count). The van der Waals surface area contributed by atoms with Crippen LogP contribution in [0.2, 0.25) is 0 Å². The molecule has 0 saturated heterocycles. The highest BCUT2D eigenvalue weighted by molar-refractivity contribution is 5.78. The van der Waals surface area contributed by atoms with Crippen molar-refractivity contribution in [3.63, 3.8) is 0 Å². The Morgan fingerprint density at radius 3 is 2.70 bits per heavy atom. The van der Waals surface area contributed by atoms with Gasteiger partial charge in [0, 0.05) is 24.2 Å². The molecule has 0 aliphatic heterocycles. The molecule has 2 aliphatic carbocycles. The minimum atomic E-state index is -0.256. The van der Waals surface area contributed by atoms with Crippen molar-refractivity contribution in [1.29, 1.82) is 0 Å². The van der Waals surface area contributed by atoms with Crippen LogP contribution in [-0.2, 0) is 11.3 Å². The van der Waals surface area contributed by atoms with E-state index in [0.29, 0.717) is 19.0 Å². The number of carbonyl (C=O) groups excluding carboxylic acids is 1. The topological polar surface area (TPSA) is 59.2 Å². The van der Waals surface area contributed by atoms with Crippen molar-refractivity contribution < 1.29 is 4.79 Å². The van der Waals surface area contributed by atoms with E-state index in [9.17, 15) is 4.79 Å². The first-order valence-electron chi connectivity index (χ1n) is 7.65. The van der Waals surface area contributed by atoms with Gasteiger partial charge in [-0.1, -0.05) is 18.9 Å². The van der Waals surface area contributed by atoms with Gasteiger partial charge < -0.3 is 10.6 Å². The molecule has 1 heterocycles. The summed E-state index contributed by atoms with van der Waals surface area (Å²) in [5.41, 5.74) is 7.06. The molecule has 0 radical (unpaired) electrons. The molecular weight excluding hydrogens is 250 g/mol. The van der Waals surface area contributed by atoms with Crippen LogP contribution in [0.4, 0.5) is 0 Å². The Labute approximate surface area is 120 Å². The zero-order valence-corrected chi connectivity index (χ0v) is 11.9. The average Bonchev–Trinajstić information content (AvgIpc) is 3.19. The van der Waals surface area contributed by atoms with E-state index in [1.165, 1.54) is 0 Å². The first-order valence-corrected chi connectivity index (χ1v) is 7.65. The van der Waals surface area contributed by atoms with Crippen molar-refractivity contribution in [2.24, 2.45) is 5.73 Å². The van der Waals surface area contributed by atoms with E-state index >= 15 is 0 Å². The number of hydrogen-bond donors (Lipinski definition) is 1. The van der Waals surface area contributed by atoms with Crippen molar-refractivity contribution in [3.05, 3.63) is 30.1 Å². The van der Waals surface area contributed by atoms with Gasteiger partial charge in [0.1, 0.15) is 0 Å². The first kappa shape index (κ1) is 13.6. The highest BCUT2D eigenvalue weighted by Gasteiger charge is 2.38. The Hall–Kier alpha value is -1.42. The summed E-state index contributed by atoms with van der Waals surface area (Å²) in [5.74, 6) is 0.211. The van der Waals surface area contributed by atoms with Gasteiger partial charge in [-0.25, -0.2) is 0 Å². The van der Waals surface area contributed by atoms with Crippen molar-refractivity contribution in [2.45, 2.75) is 63.1 Å². The Bertz CT molecular complexity index is 464. The van der Waals surface area contributed by atoms with Gasteiger partial charge in [0.05, 0.1) is 12.2 Å².